The van der Waals surface area contributed by atoms with Crippen molar-refractivity contribution in [2.24, 2.45) is 0 Å². The number of rotatable bonds is 6. The number of ether oxygens (including phenoxy) is 1. The van der Waals surface area contributed by atoms with Crippen molar-refractivity contribution in [2.45, 2.75) is 26.7 Å². The van der Waals surface area contributed by atoms with E-state index in [9.17, 15) is 0 Å². The molecule has 106 valence electrons. The van der Waals surface area contributed by atoms with Crippen molar-refractivity contribution in [1.82, 2.24) is 15.0 Å². The maximum Gasteiger partial charge on any atom is 0.321 e. The SMILES string of the molecule is CCCNc1nc(OC)nc(-c2cccc(CC)c2)n1. The second kappa shape index (κ2) is 6.84. The molecule has 0 radical (unpaired) electrons. The van der Waals surface area contributed by atoms with Crippen molar-refractivity contribution in [3.8, 4) is 17.4 Å². The number of anilines is 1. The van der Waals surface area contributed by atoms with E-state index in [1.165, 1.54) is 5.56 Å². The first-order valence-electron chi connectivity index (χ1n) is 6.90. The minimum Gasteiger partial charge on any atom is -0.467 e. The predicted molar refractivity (Wildman–Crippen MR) is 80.0 cm³/mol. The van der Waals surface area contributed by atoms with E-state index in [0.717, 1.165) is 24.9 Å². The Kier molecular flexibility index (Phi) is 4.87. The molecular formula is C15H20N4O. The molecule has 0 amide bonds. The number of hydrogen-bond donors (Lipinski definition) is 1. The van der Waals surface area contributed by atoms with Gasteiger partial charge in [-0.1, -0.05) is 32.0 Å². The smallest absolute Gasteiger partial charge is 0.321 e. The van der Waals surface area contributed by atoms with Crippen molar-refractivity contribution in [1.29, 1.82) is 0 Å². The summed E-state index contributed by atoms with van der Waals surface area (Å²) in [6, 6.07) is 8.54. The number of nitrogens with zero attached hydrogens (tertiary/aromatic N) is 3. The topological polar surface area (TPSA) is 59.9 Å². The molecule has 5 heteroatoms. The second-order valence-electron chi connectivity index (χ2n) is 4.45. The van der Waals surface area contributed by atoms with E-state index in [1.54, 1.807) is 7.11 Å². The highest BCUT2D eigenvalue weighted by molar-refractivity contribution is 5.57. The zero-order chi connectivity index (χ0) is 14.4. The fraction of sp³-hybridized carbons (Fsp3) is 0.400. The third-order valence-corrected chi connectivity index (χ3v) is 2.92. The zero-order valence-electron chi connectivity index (χ0n) is 12.2. The molecule has 0 atom stereocenters. The van der Waals surface area contributed by atoms with Crippen LogP contribution in [-0.2, 0) is 6.42 Å². The van der Waals surface area contributed by atoms with Crippen LogP contribution in [0.1, 0.15) is 25.8 Å². The summed E-state index contributed by atoms with van der Waals surface area (Å²) in [6.07, 6.45) is 1.99. The number of aryl methyl sites for hydroxylation is 1. The molecule has 0 unspecified atom stereocenters. The van der Waals surface area contributed by atoms with Gasteiger partial charge in [-0.05, 0) is 24.5 Å². The molecule has 2 aromatic rings. The predicted octanol–water partition coefficient (Wildman–Crippen LogP) is 2.93. The Labute approximate surface area is 119 Å². The Morgan fingerprint density at radius 2 is 2.00 bits per heavy atom. The highest BCUT2D eigenvalue weighted by Gasteiger charge is 2.09. The van der Waals surface area contributed by atoms with Crippen molar-refractivity contribution in [3.05, 3.63) is 29.8 Å². The van der Waals surface area contributed by atoms with Gasteiger partial charge in [0.25, 0.3) is 0 Å². The van der Waals surface area contributed by atoms with Crippen molar-refractivity contribution in [3.63, 3.8) is 0 Å². The van der Waals surface area contributed by atoms with Crippen LogP contribution < -0.4 is 10.1 Å². The van der Waals surface area contributed by atoms with E-state index in [1.807, 2.05) is 12.1 Å². The molecule has 1 heterocycles. The van der Waals surface area contributed by atoms with Crippen LogP contribution in [0.4, 0.5) is 5.95 Å². The van der Waals surface area contributed by atoms with Gasteiger partial charge in [-0.25, -0.2) is 0 Å². The number of aromatic nitrogens is 3. The summed E-state index contributed by atoms with van der Waals surface area (Å²) in [5.74, 6) is 1.18. The minimum atomic E-state index is 0.329. The van der Waals surface area contributed by atoms with Gasteiger partial charge in [0.2, 0.25) is 5.95 Å². The summed E-state index contributed by atoms with van der Waals surface area (Å²) in [4.78, 5) is 13.0. The highest BCUT2D eigenvalue weighted by atomic mass is 16.5. The lowest BCUT2D eigenvalue weighted by atomic mass is 10.1. The molecule has 0 aliphatic rings. The van der Waals surface area contributed by atoms with E-state index in [2.05, 4.69) is 46.2 Å². The number of methoxy groups -OCH3 is 1. The molecule has 2 rings (SSSR count). The average Bonchev–Trinajstić information content (AvgIpc) is 2.52. The van der Waals surface area contributed by atoms with E-state index < -0.39 is 0 Å². The Hall–Kier alpha value is -2.17. The maximum atomic E-state index is 5.15. The standard InChI is InChI=1S/C15H20N4O/c1-4-9-16-14-17-13(18-15(19-14)20-3)12-8-6-7-11(5-2)10-12/h6-8,10H,4-5,9H2,1-3H3,(H,16,17,18,19). The normalized spacial score (nSPS) is 10.3. The first-order valence-corrected chi connectivity index (χ1v) is 6.90. The molecule has 1 aromatic carbocycles. The van der Waals surface area contributed by atoms with E-state index in [-0.39, 0.29) is 0 Å². The molecule has 1 aromatic heterocycles. The van der Waals surface area contributed by atoms with Crippen molar-refractivity contribution in [2.75, 3.05) is 19.0 Å². The lowest BCUT2D eigenvalue weighted by Gasteiger charge is -2.08. The van der Waals surface area contributed by atoms with Gasteiger partial charge in [-0.15, -0.1) is 0 Å². The van der Waals surface area contributed by atoms with E-state index >= 15 is 0 Å². The Morgan fingerprint density at radius 1 is 1.15 bits per heavy atom. The van der Waals surface area contributed by atoms with E-state index in [4.69, 9.17) is 4.74 Å². The fourth-order valence-corrected chi connectivity index (χ4v) is 1.82. The molecular weight excluding hydrogens is 252 g/mol. The number of hydrogen-bond acceptors (Lipinski definition) is 5. The third-order valence-electron chi connectivity index (χ3n) is 2.92. The molecule has 5 nitrogen and oxygen atoms in total. The van der Waals surface area contributed by atoms with Crippen LogP contribution in [0.3, 0.4) is 0 Å². The Balaban J connectivity index is 2.38. The summed E-state index contributed by atoms with van der Waals surface area (Å²) in [6.45, 7) is 5.04. The summed E-state index contributed by atoms with van der Waals surface area (Å²) in [7, 11) is 1.56. The quantitative estimate of drug-likeness (QED) is 0.876. The molecule has 0 aliphatic heterocycles. The molecule has 1 N–H and O–H groups in total. The lowest BCUT2D eigenvalue weighted by molar-refractivity contribution is 0.379. The molecule has 0 fully saturated rings. The van der Waals surface area contributed by atoms with Crippen LogP contribution in [0.25, 0.3) is 11.4 Å². The molecule has 0 saturated carbocycles. The van der Waals surface area contributed by atoms with Crippen LogP contribution in [-0.4, -0.2) is 28.6 Å². The first kappa shape index (κ1) is 14.2. The Morgan fingerprint density at radius 3 is 2.70 bits per heavy atom. The van der Waals surface area contributed by atoms with Crippen LogP contribution in [0.15, 0.2) is 24.3 Å². The average molecular weight is 272 g/mol. The third kappa shape index (κ3) is 3.44. The number of benzene rings is 1. The van der Waals surface area contributed by atoms with Gasteiger partial charge in [-0.3, -0.25) is 0 Å². The van der Waals surface area contributed by atoms with Crippen molar-refractivity contribution >= 4 is 5.95 Å². The zero-order valence-corrected chi connectivity index (χ0v) is 12.2. The van der Waals surface area contributed by atoms with Crippen LogP contribution >= 0.6 is 0 Å². The maximum absolute atomic E-state index is 5.15. The van der Waals surface area contributed by atoms with Gasteiger partial charge in [0.05, 0.1) is 7.11 Å². The first-order chi connectivity index (χ1) is 9.76. The van der Waals surface area contributed by atoms with Gasteiger partial charge >= 0.3 is 6.01 Å². The molecule has 0 bridgehead atoms. The monoisotopic (exact) mass is 272 g/mol. The molecule has 20 heavy (non-hydrogen) atoms. The Bertz CT molecular complexity index is 572. The fourth-order valence-electron chi connectivity index (χ4n) is 1.82. The van der Waals surface area contributed by atoms with Crippen LogP contribution in [0.5, 0.6) is 6.01 Å². The highest BCUT2D eigenvalue weighted by Crippen LogP contribution is 2.20. The second-order valence-corrected chi connectivity index (χ2v) is 4.45. The summed E-state index contributed by atoms with van der Waals surface area (Å²) in [5.41, 5.74) is 2.23. The van der Waals surface area contributed by atoms with Gasteiger partial charge in [0.1, 0.15) is 0 Å². The lowest BCUT2D eigenvalue weighted by Crippen LogP contribution is -2.07. The molecule has 0 aliphatic carbocycles. The largest absolute Gasteiger partial charge is 0.467 e. The van der Waals surface area contributed by atoms with Gasteiger partial charge in [0, 0.05) is 12.1 Å². The van der Waals surface area contributed by atoms with E-state index in [0.29, 0.717) is 17.8 Å². The summed E-state index contributed by atoms with van der Waals surface area (Å²) >= 11 is 0. The minimum absolute atomic E-state index is 0.329. The van der Waals surface area contributed by atoms with Crippen LogP contribution in [0, 0.1) is 0 Å². The van der Waals surface area contributed by atoms with Crippen LogP contribution in [0.2, 0.25) is 0 Å². The molecule has 0 spiro atoms. The van der Waals surface area contributed by atoms with Gasteiger partial charge < -0.3 is 10.1 Å². The van der Waals surface area contributed by atoms with Gasteiger partial charge in [-0.2, -0.15) is 15.0 Å². The van der Waals surface area contributed by atoms with Crippen molar-refractivity contribution < 1.29 is 4.74 Å². The number of nitrogens with one attached hydrogen (secondary N) is 1. The summed E-state index contributed by atoms with van der Waals surface area (Å²) < 4.78 is 5.15. The molecule has 0 saturated heterocycles. The summed E-state index contributed by atoms with van der Waals surface area (Å²) in [5, 5.41) is 3.17. The van der Waals surface area contributed by atoms with Gasteiger partial charge in [0.15, 0.2) is 5.82 Å².